The molecular weight excluding hydrogens is 498 g/mol. The lowest BCUT2D eigenvalue weighted by Gasteiger charge is -2.34. The lowest BCUT2D eigenvalue weighted by Crippen LogP contribution is -2.44. The first-order valence-electron chi connectivity index (χ1n) is 14.0. The molecule has 0 unspecified atom stereocenters. The van der Waals surface area contributed by atoms with Crippen molar-refractivity contribution in [2.75, 3.05) is 52.2 Å². The van der Waals surface area contributed by atoms with Crippen molar-refractivity contribution in [1.82, 2.24) is 20.1 Å². The summed E-state index contributed by atoms with van der Waals surface area (Å²) in [7, 11) is 5.66. The molecule has 0 radical (unpaired) electrons. The normalized spacial score (nSPS) is 16.6. The van der Waals surface area contributed by atoms with E-state index in [0.717, 1.165) is 83.4 Å². The third kappa shape index (κ3) is 4.86. The van der Waals surface area contributed by atoms with Gasteiger partial charge in [-0.3, -0.25) is 9.59 Å². The summed E-state index contributed by atoms with van der Waals surface area (Å²) in [5.74, 6) is -0.0668. The van der Waals surface area contributed by atoms with E-state index < -0.39 is 5.54 Å². The van der Waals surface area contributed by atoms with Crippen LogP contribution in [0.1, 0.15) is 44.7 Å². The van der Waals surface area contributed by atoms with Crippen LogP contribution in [0.5, 0.6) is 0 Å². The third-order valence-corrected chi connectivity index (χ3v) is 8.46. The van der Waals surface area contributed by atoms with E-state index in [1.165, 1.54) is 0 Å². The highest BCUT2D eigenvalue weighted by Gasteiger charge is 2.47. The molecule has 2 N–H and O–H groups in total. The first kappa shape index (κ1) is 26.1. The molecule has 1 saturated heterocycles. The van der Waals surface area contributed by atoms with Gasteiger partial charge in [0.1, 0.15) is 0 Å². The van der Waals surface area contributed by atoms with Crippen molar-refractivity contribution in [3.63, 3.8) is 0 Å². The summed E-state index contributed by atoms with van der Waals surface area (Å²) < 4.78 is 0. The van der Waals surface area contributed by atoms with Crippen molar-refractivity contribution in [2.24, 2.45) is 0 Å². The fourth-order valence-electron chi connectivity index (χ4n) is 5.79. The number of carbonyl (C=O) groups excluding carboxylic acids is 2. The Labute approximate surface area is 235 Å². The van der Waals surface area contributed by atoms with Crippen LogP contribution in [-0.2, 0) is 5.54 Å². The standard InChI is InChI=1S/C33H37N5O2/c1-22-9-10-26(38-15-13-37(4)14-16-38)20-28(22)31(39)35-33(11-12-33)29-18-24(17-23-7-5-6-8-27(23)29)30-19-25(21-34-30)32(40)36(2)3/h5-10,17-21,34H,11-16H2,1-4H3,(H,35,39). The summed E-state index contributed by atoms with van der Waals surface area (Å²) >= 11 is 0. The minimum atomic E-state index is -0.419. The van der Waals surface area contributed by atoms with Crippen LogP contribution in [0.3, 0.4) is 0 Å². The second-order valence-corrected chi connectivity index (χ2v) is 11.6. The summed E-state index contributed by atoms with van der Waals surface area (Å²) in [5, 5.41) is 5.70. The van der Waals surface area contributed by atoms with Gasteiger partial charge in [-0.15, -0.1) is 0 Å². The zero-order chi connectivity index (χ0) is 28.0. The molecule has 0 bridgehead atoms. The van der Waals surface area contributed by atoms with Crippen LogP contribution in [0, 0.1) is 6.92 Å². The number of hydrogen-bond acceptors (Lipinski definition) is 4. The topological polar surface area (TPSA) is 71.7 Å². The Morgan fingerprint density at radius 3 is 2.42 bits per heavy atom. The van der Waals surface area contributed by atoms with Gasteiger partial charge in [0.2, 0.25) is 0 Å². The number of nitrogens with zero attached hydrogens (tertiary/aromatic N) is 3. The maximum atomic E-state index is 13.8. The summed E-state index contributed by atoms with van der Waals surface area (Å²) in [4.78, 5) is 35.9. The average molecular weight is 536 g/mol. The van der Waals surface area contributed by atoms with Gasteiger partial charge >= 0.3 is 0 Å². The highest BCUT2D eigenvalue weighted by Crippen LogP contribution is 2.49. The van der Waals surface area contributed by atoms with E-state index in [1.807, 2.05) is 19.1 Å². The van der Waals surface area contributed by atoms with Crippen LogP contribution in [0.25, 0.3) is 22.0 Å². The Morgan fingerprint density at radius 1 is 0.950 bits per heavy atom. The van der Waals surface area contributed by atoms with Crippen molar-refractivity contribution < 1.29 is 9.59 Å². The predicted octanol–water partition coefficient (Wildman–Crippen LogP) is 5.02. The molecule has 1 saturated carbocycles. The number of benzene rings is 3. The molecule has 1 aromatic heterocycles. The second kappa shape index (κ2) is 10.1. The van der Waals surface area contributed by atoms with Crippen molar-refractivity contribution in [3.8, 4) is 11.3 Å². The number of nitrogens with one attached hydrogen (secondary N) is 2. The van der Waals surface area contributed by atoms with Crippen molar-refractivity contribution in [2.45, 2.75) is 25.3 Å². The van der Waals surface area contributed by atoms with Crippen LogP contribution in [0.15, 0.2) is 66.9 Å². The molecule has 0 spiro atoms. The molecule has 0 atom stereocenters. The molecule has 6 rings (SSSR count). The number of aryl methyl sites for hydroxylation is 1. The predicted molar refractivity (Wildman–Crippen MR) is 161 cm³/mol. The number of H-pyrrole nitrogens is 1. The number of anilines is 1. The fraction of sp³-hybridized carbons (Fsp3) is 0.333. The Balaban J connectivity index is 1.33. The molecule has 4 aromatic rings. The zero-order valence-electron chi connectivity index (χ0n) is 23.8. The maximum Gasteiger partial charge on any atom is 0.254 e. The monoisotopic (exact) mass is 535 g/mol. The maximum absolute atomic E-state index is 13.8. The van der Waals surface area contributed by atoms with Gasteiger partial charge in [0.25, 0.3) is 11.8 Å². The van der Waals surface area contributed by atoms with Gasteiger partial charge in [0.05, 0.1) is 11.1 Å². The quantitative estimate of drug-likeness (QED) is 0.364. The first-order chi connectivity index (χ1) is 19.2. The van der Waals surface area contributed by atoms with Crippen molar-refractivity contribution in [1.29, 1.82) is 0 Å². The lowest BCUT2D eigenvalue weighted by atomic mass is 9.92. The first-order valence-corrected chi connectivity index (χ1v) is 14.0. The van der Waals surface area contributed by atoms with Gasteiger partial charge in [-0.1, -0.05) is 30.3 Å². The minimum absolute atomic E-state index is 0.0285. The van der Waals surface area contributed by atoms with E-state index >= 15 is 0 Å². The number of rotatable bonds is 6. The van der Waals surface area contributed by atoms with Gasteiger partial charge in [0.15, 0.2) is 0 Å². The molecule has 2 aliphatic rings. The largest absolute Gasteiger partial charge is 0.369 e. The van der Waals surface area contributed by atoms with E-state index in [9.17, 15) is 9.59 Å². The third-order valence-electron chi connectivity index (χ3n) is 8.46. The highest BCUT2D eigenvalue weighted by molar-refractivity contribution is 5.99. The molecule has 3 aromatic carbocycles. The molecule has 7 nitrogen and oxygen atoms in total. The fourth-order valence-corrected chi connectivity index (χ4v) is 5.79. The average Bonchev–Trinajstić information content (AvgIpc) is 3.56. The lowest BCUT2D eigenvalue weighted by molar-refractivity contribution is 0.0827. The molecule has 7 heteroatoms. The molecular formula is C33H37N5O2. The Bertz CT molecular complexity index is 1590. The molecule has 2 heterocycles. The molecule has 2 fully saturated rings. The number of carbonyl (C=O) groups is 2. The Morgan fingerprint density at radius 2 is 1.70 bits per heavy atom. The Kier molecular flexibility index (Phi) is 6.62. The van der Waals surface area contributed by atoms with Crippen molar-refractivity contribution in [3.05, 3.63) is 89.1 Å². The van der Waals surface area contributed by atoms with E-state index in [4.69, 9.17) is 0 Å². The van der Waals surface area contributed by atoms with Crippen LogP contribution < -0.4 is 10.2 Å². The smallest absolute Gasteiger partial charge is 0.254 e. The molecule has 1 aliphatic carbocycles. The van der Waals surface area contributed by atoms with Gasteiger partial charge in [-0.05, 0) is 84.6 Å². The summed E-state index contributed by atoms with van der Waals surface area (Å²) in [6, 6.07) is 20.8. The number of aromatic amines is 1. The summed E-state index contributed by atoms with van der Waals surface area (Å²) in [6.07, 6.45) is 3.54. The molecule has 1 aliphatic heterocycles. The SMILES string of the molecule is Cc1ccc(N2CCN(C)CC2)cc1C(=O)NC1(c2cc(-c3cc(C(=O)N(C)C)c[nH]3)cc3ccccc23)CC1. The molecule has 40 heavy (non-hydrogen) atoms. The number of hydrogen-bond donors (Lipinski definition) is 2. The van der Waals surface area contributed by atoms with E-state index in [2.05, 4.69) is 75.7 Å². The number of piperazine rings is 1. The molecule has 2 amide bonds. The number of fused-ring (bicyclic) bond motifs is 1. The van der Waals surface area contributed by atoms with Gasteiger partial charge in [-0.25, -0.2) is 0 Å². The van der Waals surface area contributed by atoms with E-state index in [-0.39, 0.29) is 11.8 Å². The zero-order valence-corrected chi connectivity index (χ0v) is 23.8. The number of likely N-dealkylation sites (N-methyl/N-ethyl adjacent to an activating group) is 1. The van der Waals surface area contributed by atoms with E-state index in [0.29, 0.717) is 5.56 Å². The van der Waals surface area contributed by atoms with Crippen LogP contribution in [-0.4, -0.2) is 73.9 Å². The van der Waals surface area contributed by atoms with Crippen LogP contribution in [0.2, 0.25) is 0 Å². The van der Waals surface area contributed by atoms with Crippen LogP contribution >= 0.6 is 0 Å². The van der Waals surface area contributed by atoms with Crippen LogP contribution in [0.4, 0.5) is 5.69 Å². The van der Waals surface area contributed by atoms with Crippen molar-refractivity contribution >= 4 is 28.3 Å². The summed E-state index contributed by atoms with van der Waals surface area (Å²) in [6.45, 7) is 5.98. The number of amides is 2. The second-order valence-electron chi connectivity index (χ2n) is 11.6. The highest BCUT2D eigenvalue weighted by atomic mass is 16.2. The number of aromatic nitrogens is 1. The Hall–Kier alpha value is -4.10. The minimum Gasteiger partial charge on any atom is -0.369 e. The van der Waals surface area contributed by atoms with Gasteiger partial charge in [0, 0.05) is 63.4 Å². The summed E-state index contributed by atoms with van der Waals surface area (Å²) in [5.41, 5.74) is 6.04. The molecule has 206 valence electrons. The van der Waals surface area contributed by atoms with Gasteiger partial charge in [-0.2, -0.15) is 0 Å². The van der Waals surface area contributed by atoms with E-state index in [1.54, 1.807) is 25.2 Å². The van der Waals surface area contributed by atoms with Gasteiger partial charge < -0.3 is 25.0 Å².